The van der Waals surface area contributed by atoms with Gasteiger partial charge in [0.1, 0.15) is 0 Å². The zero-order valence-corrected chi connectivity index (χ0v) is 13.2. The Kier molecular flexibility index (Phi) is 5.26. The van der Waals surface area contributed by atoms with Gasteiger partial charge in [0, 0.05) is 26.0 Å². The molecule has 0 spiro atoms. The summed E-state index contributed by atoms with van der Waals surface area (Å²) in [5, 5.41) is 2.10. The van der Waals surface area contributed by atoms with Gasteiger partial charge in [0.2, 0.25) is 0 Å². The van der Waals surface area contributed by atoms with Crippen molar-refractivity contribution in [2.24, 2.45) is 5.84 Å². The first-order valence-corrected chi connectivity index (χ1v) is 8.45. The summed E-state index contributed by atoms with van der Waals surface area (Å²) in [7, 11) is 0. The smallest absolute Gasteiger partial charge is 0.0508 e. The highest BCUT2D eigenvalue weighted by atomic mass is 79.9. The van der Waals surface area contributed by atoms with Crippen LogP contribution in [0, 0.1) is 0 Å². The number of halogens is 1. The maximum absolute atomic E-state index is 5.67. The van der Waals surface area contributed by atoms with Crippen LogP contribution in [0.2, 0.25) is 0 Å². The molecule has 0 aliphatic rings. The van der Waals surface area contributed by atoms with Crippen LogP contribution < -0.4 is 11.3 Å². The average Bonchev–Trinajstić information content (AvgIpc) is 2.82. The summed E-state index contributed by atoms with van der Waals surface area (Å²) in [6, 6.07) is 10.8. The molecule has 2 aromatic rings. The summed E-state index contributed by atoms with van der Waals surface area (Å²) in [5.74, 6) is 5.67. The normalized spacial score (nSPS) is 12.6. The van der Waals surface area contributed by atoms with Crippen LogP contribution in [0.3, 0.4) is 0 Å². The number of rotatable bonds is 5. The van der Waals surface area contributed by atoms with Crippen LogP contribution in [0.5, 0.6) is 0 Å². The van der Waals surface area contributed by atoms with Crippen molar-refractivity contribution in [3.63, 3.8) is 0 Å². The highest BCUT2D eigenvalue weighted by Crippen LogP contribution is 2.26. The Hall–Kier alpha value is -0.330. The van der Waals surface area contributed by atoms with Gasteiger partial charge in [-0.1, -0.05) is 12.1 Å². The second-order valence-electron chi connectivity index (χ2n) is 3.93. The quantitative estimate of drug-likeness (QED) is 0.490. The molecule has 0 radical (unpaired) electrons. The molecule has 0 bridgehead atoms. The molecule has 0 saturated heterocycles. The predicted molar refractivity (Wildman–Crippen MR) is 84.0 cm³/mol. The molecular formula is C13H15BrN2S2. The van der Waals surface area contributed by atoms with E-state index in [1.807, 2.05) is 0 Å². The molecule has 18 heavy (non-hydrogen) atoms. The Morgan fingerprint density at radius 2 is 2.11 bits per heavy atom. The molecule has 0 aliphatic heterocycles. The minimum absolute atomic E-state index is 0.159. The third-order valence-corrected chi connectivity index (χ3v) is 5.21. The van der Waals surface area contributed by atoms with E-state index in [-0.39, 0.29) is 6.04 Å². The van der Waals surface area contributed by atoms with Gasteiger partial charge < -0.3 is 0 Å². The van der Waals surface area contributed by atoms with Gasteiger partial charge in [-0.3, -0.25) is 11.3 Å². The lowest BCUT2D eigenvalue weighted by atomic mass is 10.0. The van der Waals surface area contributed by atoms with E-state index in [1.165, 1.54) is 15.3 Å². The molecular weight excluding hydrogens is 328 g/mol. The van der Waals surface area contributed by atoms with Gasteiger partial charge in [0.05, 0.1) is 6.04 Å². The van der Waals surface area contributed by atoms with E-state index < -0.39 is 0 Å². The van der Waals surface area contributed by atoms with E-state index in [9.17, 15) is 0 Å². The molecule has 2 rings (SSSR count). The largest absolute Gasteiger partial charge is 0.271 e. The number of thioether (sulfide) groups is 1. The fourth-order valence-electron chi connectivity index (χ4n) is 1.77. The summed E-state index contributed by atoms with van der Waals surface area (Å²) < 4.78 is 1.14. The van der Waals surface area contributed by atoms with E-state index >= 15 is 0 Å². The summed E-state index contributed by atoms with van der Waals surface area (Å²) in [5.41, 5.74) is 4.12. The van der Waals surface area contributed by atoms with Crippen molar-refractivity contribution in [2.45, 2.75) is 17.4 Å². The van der Waals surface area contributed by atoms with Crippen molar-refractivity contribution in [3.8, 4) is 0 Å². The molecule has 0 amide bonds. The van der Waals surface area contributed by atoms with Gasteiger partial charge in [-0.15, -0.1) is 23.1 Å². The van der Waals surface area contributed by atoms with Crippen LogP contribution >= 0.6 is 39.0 Å². The van der Waals surface area contributed by atoms with Crippen molar-refractivity contribution in [1.29, 1.82) is 0 Å². The highest BCUT2D eigenvalue weighted by Gasteiger charge is 2.11. The molecule has 3 N–H and O–H groups in total. The number of hydrogen-bond donors (Lipinski definition) is 2. The first-order chi connectivity index (χ1) is 8.72. The Morgan fingerprint density at radius 3 is 2.61 bits per heavy atom. The van der Waals surface area contributed by atoms with Crippen LogP contribution in [-0.2, 0) is 6.42 Å². The second-order valence-corrected chi connectivity index (χ2v) is 6.72. The number of benzene rings is 1. The van der Waals surface area contributed by atoms with Gasteiger partial charge in [-0.25, -0.2) is 0 Å². The first kappa shape index (κ1) is 14.1. The van der Waals surface area contributed by atoms with Gasteiger partial charge in [-0.2, -0.15) is 0 Å². The predicted octanol–water partition coefficient (Wildman–Crippen LogP) is 3.98. The number of nitrogens with one attached hydrogen (secondary N) is 1. The van der Waals surface area contributed by atoms with E-state index in [0.717, 1.165) is 10.9 Å². The van der Waals surface area contributed by atoms with Gasteiger partial charge >= 0.3 is 0 Å². The Bertz CT molecular complexity index is 496. The van der Waals surface area contributed by atoms with Crippen LogP contribution in [0.25, 0.3) is 0 Å². The molecule has 1 heterocycles. The lowest BCUT2D eigenvalue weighted by Crippen LogP contribution is -2.29. The third kappa shape index (κ3) is 3.59. The van der Waals surface area contributed by atoms with E-state index in [1.54, 1.807) is 23.1 Å². The average molecular weight is 343 g/mol. The lowest BCUT2D eigenvalue weighted by Gasteiger charge is -2.15. The molecule has 1 aromatic carbocycles. The molecule has 1 unspecified atom stereocenters. The zero-order valence-electron chi connectivity index (χ0n) is 10.0. The molecule has 0 aliphatic carbocycles. The molecule has 1 atom stereocenters. The van der Waals surface area contributed by atoms with E-state index in [0.29, 0.717) is 0 Å². The van der Waals surface area contributed by atoms with E-state index in [2.05, 4.69) is 63.3 Å². The number of thiophene rings is 1. The second kappa shape index (κ2) is 6.73. The monoisotopic (exact) mass is 342 g/mol. The maximum Gasteiger partial charge on any atom is 0.0508 e. The minimum atomic E-state index is 0.159. The first-order valence-electron chi connectivity index (χ1n) is 5.56. The van der Waals surface area contributed by atoms with Crippen molar-refractivity contribution in [3.05, 3.63) is 50.6 Å². The molecule has 1 aromatic heterocycles. The van der Waals surface area contributed by atoms with Gasteiger partial charge in [0.25, 0.3) is 0 Å². The van der Waals surface area contributed by atoms with Crippen molar-refractivity contribution >= 4 is 39.0 Å². The summed E-state index contributed by atoms with van der Waals surface area (Å²) >= 11 is 6.97. The molecule has 0 fully saturated rings. The van der Waals surface area contributed by atoms with Crippen LogP contribution in [-0.4, -0.2) is 6.26 Å². The van der Waals surface area contributed by atoms with Crippen molar-refractivity contribution in [2.75, 3.05) is 6.26 Å². The third-order valence-electron chi connectivity index (χ3n) is 2.75. The Balaban J connectivity index is 2.12. The highest BCUT2D eigenvalue weighted by molar-refractivity contribution is 9.10. The topological polar surface area (TPSA) is 38.0 Å². The molecule has 2 nitrogen and oxygen atoms in total. The summed E-state index contributed by atoms with van der Waals surface area (Å²) in [6.45, 7) is 0. The zero-order chi connectivity index (χ0) is 13.0. The molecule has 96 valence electrons. The molecule has 0 saturated carbocycles. The minimum Gasteiger partial charge on any atom is -0.271 e. The maximum atomic E-state index is 5.67. The van der Waals surface area contributed by atoms with Crippen molar-refractivity contribution in [1.82, 2.24) is 5.43 Å². The fourth-order valence-corrected chi connectivity index (χ4v) is 3.68. The lowest BCUT2D eigenvalue weighted by molar-refractivity contribution is 0.555. The van der Waals surface area contributed by atoms with E-state index in [4.69, 9.17) is 5.84 Å². The SMILES string of the molecule is CSc1ccc(C(Cc2cc(Br)cs2)NN)cc1. The van der Waals surface area contributed by atoms with Crippen molar-refractivity contribution < 1.29 is 0 Å². The number of nitrogens with two attached hydrogens (primary N) is 1. The fraction of sp³-hybridized carbons (Fsp3) is 0.231. The van der Waals surface area contributed by atoms with Crippen LogP contribution in [0.15, 0.2) is 45.1 Å². The standard InChI is InChI=1S/C13H15BrN2S2/c1-17-11-4-2-9(3-5-11)13(16-15)7-12-6-10(14)8-18-12/h2-6,8,13,16H,7,15H2,1H3. The number of hydrogen-bond acceptors (Lipinski definition) is 4. The van der Waals surface area contributed by atoms with Gasteiger partial charge in [0.15, 0.2) is 0 Å². The Morgan fingerprint density at radius 1 is 1.39 bits per heavy atom. The Labute approximate surface area is 124 Å². The number of hydrazine groups is 1. The van der Waals surface area contributed by atoms with Gasteiger partial charge in [-0.05, 0) is 45.9 Å². The van der Waals surface area contributed by atoms with Crippen LogP contribution in [0.1, 0.15) is 16.5 Å². The molecule has 5 heteroatoms. The summed E-state index contributed by atoms with van der Waals surface area (Å²) in [4.78, 5) is 2.59. The van der Waals surface area contributed by atoms with Crippen LogP contribution in [0.4, 0.5) is 0 Å². The summed E-state index contributed by atoms with van der Waals surface area (Å²) in [6.07, 6.45) is 2.99.